The van der Waals surface area contributed by atoms with Crippen LogP contribution in [0.25, 0.3) is 66.2 Å². The molecule has 0 atom stereocenters. The Morgan fingerprint density at radius 3 is 1.53 bits per heavy atom. The molecule has 0 aliphatic carbocycles. The summed E-state index contributed by atoms with van der Waals surface area (Å²) >= 11 is 0. The van der Waals surface area contributed by atoms with Crippen molar-refractivity contribution >= 4 is 21.5 Å². The highest BCUT2D eigenvalue weighted by molar-refractivity contribution is 6.21. The molecule has 0 N–H and O–H groups in total. The van der Waals surface area contributed by atoms with Crippen molar-refractivity contribution in [3.63, 3.8) is 0 Å². The van der Waals surface area contributed by atoms with Crippen LogP contribution in [0.1, 0.15) is 0 Å². The Hall–Kier alpha value is -5.08. The molecule has 0 spiro atoms. The molecule has 0 saturated heterocycles. The highest BCUT2D eigenvalue weighted by atomic mass is 14.7. The molecule has 7 rings (SSSR count). The van der Waals surface area contributed by atoms with Gasteiger partial charge in [0.05, 0.1) is 5.69 Å². The Balaban J connectivity index is 1.47. The molecule has 0 fully saturated rings. The van der Waals surface area contributed by atoms with Crippen molar-refractivity contribution in [2.24, 2.45) is 0 Å². The SMILES string of the molecule is c1ccc(-c2cccc(-c3c4ccccc4c(-c4ccc(-c5ccncc5)nc4)c4ccccc34)c2)cc1. The first kappa shape index (κ1) is 22.1. The monoisotopic (exact) mass is 484 g/mol. The van der Waals surface area contributed by atoms with E-state index in [0.29, 0.717) is 0 Å². The van der Waals surface area contributed by atoms with Crippen LogP contribution < -0.4 is 0 Å². The molecule has 38 heavy (non-hydrogen) atoms. The van der Waals surface area contributed by atoms with E-state index in [-0.39, 0.29) is 0 Å². The van der Waals surface area contributed by atoms with E-state index < -0.39 is 0 Å². The predicted molar refractivity (Wildman–Crippen MR) is 159 cm³/mol. The molecule has 178 valence electrons. The maximum Gasteiger partial charge on any atom is 0.0703 e. The lowest BCUT2D eigenvalue weighted by atomic mass is 9.85. The van der Waals surface area contributed by atoms with Gasteiger partial charge in [0, 0.05) is 29.7 Å². The molecule has 0 unspecified atom stereocenters. The van der Waals surface area contributed by atoms with Crippen molar-refractivity contribution in [3.05, 3.63) is 146 Å². The topological polar surface area (TPSA) is 25.8 Å². The lowest BCUT2D eigenvalue weighted by Crippen LogP contribution is -1.92. The number of fused-ring (bicyclic) bond motifs is 2. The third-order valence-electron chi connectivity index (χ3n) is 7.22. The quantitative estimate of drug-likeness (QED) is 0.233. The molecule has 5 aromatic carbocycles. The summed E-state index contributed by atoms with van der Waals surface area (Å²) in [5.41, 5.74) is 9.26. The van der Waals surface area contributed by atoms with Crippen LogP contribution in [-0.2, 0) is 0 Å². The fourth-order valence-corrected chi connectivity index (χ4v) is 5.47. The zero-order valence-corrected chi connectivity index (χ0v) is 20.8. The smallest absolute Gasteiger partial charge is 0.0703 e. The van der Waals surface area contributed by atoms with Crippen molar-refractivity contribution in [3.8, 4) is 44.6 Å². The third kappa shape index (κ3) is 3.84. The number of benzene rings is 5. The van der Waals surface area contributed by atoms with Crippen LogP contribution in [0.2, 0.25) is 0 Å². The predicted octanol–water partition coefficient (Wildman–Crippen LogP) is 9.45. The third-order valence-corrected chi connectivity index (χ3v) is 7.22. The molecule has 2 heteroatoms. The van der Waals surface area contributed by atoms with Crippen LogP contribution in [0.5, 0.6) is 0 Å². The minimum Gasteiger partial charge on any atom is -0.265 e. The lowest BCUT2D eigenvalue weighted by molar-refractivity contribution is 1.29. The molecule has 0 amide bonds. The van der Waals surface area contributed by atoms with Gasteiger partial charge in [-0.2, -0.15) is 0 Å². The van der Waals surface area contributed by atoms with Crippen molar-refractivity contribution < 1.29 is 0 Å². The van der Waals surface area contributed by atoms with E-state index in [2.05, 4.69) is 120 Å². The van der Waals surface area contributed by atoms with E-state index in [4.69, 9.17) is 4.98 Å². The summed E-state index contributed by atoms with van der Waals surface area (Å²) in [6.07, 6.45) is 5.61. The number of pyridine rings is 2. The van der Waals surface area contributed by atoms with E-state index in [1.54, 1.807) is 12.4 Å². The van der Waals surface area contributed by atoms with Crippen LogP contribution in [-0.4, -0.2) is 9.97 Å². The normalized spacial score (nSPS) is 11.2. The molecule has 7 aromatic rings. The van der Waals surface area contributed by atoms with Crippen molar-refractivity contribution in [2.45, 2.75) is 0 Å². The van der Waals surface area contributed by atoms with Crippen LogP contribution in [0.4, 0.5) is 0 Å². The lowest BCUT2D eigenvalue weighted by Gasteiger charge is -2.18. The Morgan fingerprint density at radius 2 is 0.921 bits per heavy atom. The summed E-state index contributed by atoms with van der Waals surface area (Å²) in [5.74, 6) is 0. The van der Waals surface area contributed by atoms with Gasteiger partial charge in [0.2, 0.25) is 0 Å². The number of hydrogen-bond acceptors (Lipinski definition) is 2. The average Bonchev–Trinajstić information content (AvgIpc) is 3.01. The first-order valence-electron chi connectivity index (χ1n) is 12.8. The molecule has 0 aliphatic heterocycles. The van der Waals surface area contributed by atoms with Crippen molar-refractivity contribution in [1.82, 2.24) is 9.97 Å². The van der Waals surface area contributed by atoms with Crippen LogP contribution in [0.15, 0.2) is 146 Å². The molecule has 2 aromatic heterocycles. The van der Waals surface area contributed by atoms with Gasteiger partial charge in [0.15, 0.2) is 0 Å². The minimum atomic E-state index is 0.944. The molecule has 0 radical (unpaired) electrons. The number of aromatic nitrogens is 2. The zero-order valence-electron chi connectivity index (χ0n) is 20.8. The zero-order chi connectivity index (χ0) is 25.3. The van der Waals surface area contributed by atoms with Crippen LogP contribution in [0.3, 0.4) is 0 Å². The van der Waals surface area contributed by atoms with Gasteiger partial charge in [0.1, 0.15) is 0 Å². The van der Waals surface area contributed by atoms with E-state index in [1.807, 2.05) is 18.3 Å². The minimum absolute atomic E-state index is 0.944. The van der Waals surface area contributed by atoms with Gasteiger partial charge in [-0.15, -0.1) is 0 Å². The summed E-state index contributed by atoms with van der Waals surface area (Å²) in [6.45, 7) is 0. The fraction of sp³-hybridized carbons (Fsp3) is 0. The second kappa shape index (κ2) is 9.42. The van der Waals surface area contributed by atoms with E-state index in [9.17, 15) is 0 Å². The highest BCUT2D eigenvalue weighted by Gasteiger charge is 2.17. The van der Waals surface area contributed by atoms with E-state index in [1.165, 1.54) is 49.4 Å². The van der Waals surface area contributed by atoms with Gasteiger partial charge < -0.3 is 0 Å². The van der Waals surface area contributed by atoms with Gasteiger partial charge in [-0.05, 0) is 73.6 Å². The summed E-state index contributed by atoms with van der Waals surface area (Å²) < 4.78 is 0. The largest absolute Gasteiger partial charge is 0.265 e. The summed E-state index contributed by atoms with van der Waals surface area (Å²) in [7, 11) is 0. The maximum atomic E-state index is 4.84. The van der Waals surface area contributed by atoms with Gasteiger partial charge >= 0.3 is 0 Å². The van der Waals surface area contributed by atoms with E-state index >= 15 is 0 Å². The molecule has 2 heterocycles. The second-order valence-corrected chi connectivity index (χ2v) is 9.46. The average molecular weight is 485 g/mol. The molecular weight excluding hydrogens is 460 g/mol. The van der Waals surface area contributed by atoms with Gasteiger partial charge in [-0.1, -0.05) is 103 Å². The van der Waals surface area contributed by atoms with Crippen LogP contribution >= 0.6 is 0 Å². The summed E-state index contributed by atoms with van der Waals surface area (Å²) in [4.78, 5) is 8.97. The standard InChI is InChI=1S/C36H24N2/c1-2-9-25(10-3-1)27-11-8-12-28(23-27)35-30-13-4-6-15-32(30)36(33-16-7-5-14-31(33)35)29-17-18-34(38-24-29)26-19-21-37-22-20-26/h1-24H. The first-order chi connectivity index (χ1) is 18.9. The summed E-state index contributed by atoms with van der Waals surface area (Å²) in [6, 6.07) is 45.2. The van der Waals surface area contributed by atoms with Crippen molar-refractivity contribution in [2.75, 3.05) is 0 Å². The molecular formula is C36H24N2. The Morgan fingerprint density at radius 1 is 0.368 bits per heavy atom. The van der Waals surface area contributed by atoms with Crippen LogP contribution in [0, 0.1) is 0 Å². The fourth-order valence-electron chi connectivity index (χ4n) is 5.47. The van der Waals surface area contributed by atoms with E-state index in [0.717, 1.165) is 16.8 Å². The van der Waals surface area contributed by atoms with Gasteiger partial charge in [0.25, 0.3) is 0 Å². The first-order valence-corrected chi connectivity index (χ1v) is 12.8. The Labute approximate surface area is 221 Å². The number of rotatable bonds is 4. The Bertz CT molecular complexity index is 1830. The maximum absolute atomic E-state index is 4.84. The molecule has 0 aliphatic rings. The molecule has 0 saturated carbocycles. The molecule has 0 bridgehead atoms. The van der Waals surface area contributed by atoms with Gasteiger partial charge in [-0.3, -0.25) is 9.97 Å². The highest BCUT2D eigenvalue weighted by Crippen LogP contribution is 2.44. The Kier molecular flexibility index (Phi) is 5.49. The van der Waals surface area contributed by atoms with Crippen molar-refractivity contribution in [1.29, 1.82) is 0 Å². The molecule has 2 nitrogen and oxygen atoms in total. The second-order valence-electron chi connectivity index (χ2n) is 9.46. The van der Waals surface area contributed by atoms with Gasteiger partial charge in [-0.25, -0.2) is 0 Å². The number of nitrogens with zero attached hydrogens (tertiary/aromatic N) is 2. The number of hydrogen-bond donors (Lipinski definition) is 0. The summed E-state index contributed by atoms with van der Waals surface area (Å²) in [5, 5.41) is 4.93.